The molecule has 0 amide bonds. The molecule has 1 saturated carbocycles. The van der Waals surface area contributed by atoms with E-state index in [4.69, 9.17) is 0 Å². The van der Waals surface area contributed by atoms with Gasteiger partial charge in [-0.2, -0.15) is 0 Å². The second-order valence-electron chi connectivity index (χ2n) is 4.92. The van der Waals surface area contributed by atoms with Crippen LogP contribution in [0.3, 0.4) is 0 Å². The molecule has 3 atom stereocenters. The summed E-state index contributed by atoms with van der Waals surface area (Å²) in [4.78, 5) is 3.91. The van der Waals surface area contributed by atoms with Crippen LogP contribution in [0.1, 0.15) is 37.7 Å². The zero-order valence-electron chi connectivity index (χ0n) is 9.81. The van der Waals surface area contributed by atoms with Crippen molar-refractivity contribution in [2.24, 2.45) is 5.92 Å². The molecule has 1 fully saturated rings. The number of pyridine rings is 1. The van der Waals surface area contributed by atoms with E-state index < -0.39 is 12.0 Å². The van der Waals surface area contributed by atoms with Gasteiger partial charge in [0.05, 0.1) is 6.10 Å². The summed E-state index contributed by atoms with van der Waals surface area (Å²) in [5.41, 5.74) is 0.947. The van der Waals surface area contributed by atoms with E-state index in [2.05, 4.69) is 4.98 Å². The third kappa shape index (κ3) is 2.80. The molecular formula is C13H17F2NO. The third-order valence-electron chi connectivity index (χ3n) is 3.67. The fourth-order valence-electron chi connectivity index (χ4n) is 2.55. The topological polar surface area (TPSA) is 33.1 Å². The molecule has 3 unspecified atom stereocenters. The van der Waals surface area contributed by atoms with Gasteiger partial charge in [0.15, 0.2) is 0 Å². The highest BCUT2D eigenvalue weighted by Crippen LogP contribution is 2.42. The first-order valence-electron chi connectivity index (χ1n) is 5.95. The van der Waals surface area contributed by atoms with E-state index in [0.29, 0.717) is 6.42 Å². The minimum Gasteiger partial charge on any atom is -0.392 e. The molecule has 0 radical (unpaired) electrons. The smallest absolute Gasteiger partial charge is 0.248 e. The molecule has 1 aliphatic rings. The van der Waals surface area contributed by atoms with Crippen LogP contribution in [-0.2, 0) is 0 Å². The molecular weight excluding hydrogens is 224 g/mol. The number of aromatic nitrogens is 1. The van der Waals surface area contributed by atoms with E-state index in [-0.39, 0.29) is 24.7 Å². The van der Waals surface area contributed by atoms with E-state index in [1.54, 1.807) is 12.4 Å². The van der Waals surface area contributed by atoms with Gasteiger partial charge in [0, 0.05) is 31.2 Å². The number of hydrogen-bond donors (Lipinski definition) is 1. The van der Waals surface area contributed by atoms with Crippen molar-refractivity contribution in [1.82, 2.24) is 4.98 Å². The lowest BCUT2D eigenvalue weighted by molar-refractivity contribution is -0.00722. The Kier molecular flexibility index (Phi) is 3.43. The van der Waals surface area contributed by atoms with Gasteiger partial charge in [-0.25, -0.2) is 8.78 Å². The van der Waals surface area contributed by atoms with Gasteiger partial charge in [0.25, 0.3) is 0 Å². The lowest BCUT2D eigenvalue weighted by atomic mass is 9.86. The molecule has 2 rings (SSSR count). The summed E-state index contributed by atoms with van der Waals surface area (Å²) in [6.45, 7) is 1.87. The highest BCUT2D eigenvalue weighted by atomic mass is 19.3. The van der Waals surface area contributed by atoms with Crippen LogP contribution in [0.25, 0.3) is 0 Å². The highest BCUT2D eigenvalue weighted by Gasteiger charge is 2.43. The summed E-state index contributed by atoms with van der Waals surface area (Å²) < 4.78 is 26.2. The molecule has 1 aromatic rings. The SMILES string of the molecule is CC(c1ccncc1)C(O)C1CCC(F)(F)C1. The molecule has 0 aliphatic heterocycles. The van der Waals surface area contributed by atoms with Crippen molar-refractivity contribution < 1.29 is 13.9 Å². The average molecular weight is 241 g/mol. The Morgan fingerprint density at radius 2 is 2.06 bits per heavy atom. The first-order chi connectivity index (χ1) is 7.99. The average Bonchev–Trinajstić information content (AvgIpc) is 2.69. The standard InChI is InChI=1S/C13H17F2NO/c1-9(10-3-6-16-7-4-10)12(17)11-2-5-13(14,15)8-11/h3-4,6-7,9,11-12,17H,2,5,8H2,1H3. The molecule has 1 aliphatic carbocycles. The van der Waals surface area contributed by atoms with E-state index >= 15 is 0 Å². The molecule has 1 aromatic heterocycles. The lowest BCUT2D eigenvalue weighted by Gasteiger charge is -2.24. The van der Waals surface area contributed by atoms with Crippen molar-refractivity contribution in [2.75, 3.05) is 0 Å². The zero-order valence-corrected chi connectivity index (χ0v) is 9.81. The van der Waals surface area contributed by atoms with E-state index in [0.717, 1.165) is 5.56 Å². The maximum Gasteiger partial charge on any atom is 0.248 e. The van der Waals surface area contributed by atoms with Crippen LogP contribution in [0.5, 0.6) is 0 Å². The van der Waals surface area contributed by atoms with Crippen LogP contribution in [0.4, 0.5) is 8.78 Å². The van der Waals surface area contributed by atoms with Gasteiger partial charge in [0.2, 0.25) is 5.92 Å². The van der Waals surface area contributed by atoms with Crippen LogP contribution in [0, 0.1) is 5.92 Å². The van der Waals surface area contributed by atoms with E-state index in [9.17, 15) is 13.9 Å². The summed E-state index contributed by atoms with van der Waals surface area (Å²) in [6, 6.07) is 3.64. The predicted octanol–water partition coefficient (Wildman–Crippen LogP) is 2.98. The molecule has 1 N–H and O–H groups in total. The normalized spacial score (nSPS) is 26.7. The number of alkyl halides is 2. The number of halogens is 2. The first kappa shape index (κ1) is 12.4. The van der Waals surface area contributed by atoms with Crippen molar-refractivity contribution >= 4 is 0 Å². The van der Waals surface area contributed by atoms with Crippen molar-refractivity contribution in [3.8, 4) is 0 Å². The molecule has 0 saturated heterocycles. The monoisotopic (exact) mass is 241 g/mol. The van der Waals surface area contributed by atoms with Gasteiger partial charge in [-0.1, -0.05) is 6.92 Å². The Hall–Kier alpha value is -1.03. The Labute approximate surface area is 99.7 Å². The van der Waals surface area contributed by atoms with Gasteiger partial charge in [0.1, 0.15) is 0 Å². The van der Waals surface area contributed by atoms with Crippen LogP contribution in [0.15, 0.2) is 24.5 Å². The molecule has 0 spiro atoms. The minimum absolute atomic E-state index is 0.0994. The lowest BCUT2D eigenvalue weighted by Crippen LogP contribution is -2.25. The quantitative estimate of drug-likeness (QED) is 0.882. The van der Waals surface area contributed by atoms with Crippen molar-refractivity contribution in [2.45, 2.75) is 44.1 Å². The van der Waals surface area contributed by atoms with Gasteiger partial charge in [-0.3, -0.25) is 4.98 Å². The summed E-state index contributed by atoms with van der Waals surface area (Å²) in [5.74, 6) is -3.02. The molecule has 94 valence electrons. The highest BCUT2D eigenvalue weighted by molar-refractivity contribution is 5.17. The maximum atomic E-state index is 13.1. The zero-order chi connectivity index (χ0) is 12.5. The molecule has 0 aromatic carbocycles. The number of hydrogen-bond acceptors (Lipinski definition) is 2. The summed E-state index contributed by atoms with van der Waals surface area (Å²) in [6.07, 6.45) is 2.72. The minimum atomic E-state index is -2.59. The Balaban J connectivity index is 2.03. The van der Waals surface area contributed by atoms with Crippen molar-refractivity contribution in [3.05, 3.63) is 30.1 Å². The van der Waals surface area contributed by atoms with Gasteiger partial charge >= 0.3 is 0 Å². The largest absolute Gasteiger partial charge is 0.392 e. The van der Waals surface area contributed by atoms with Gasteiger partial charge in [-0.15, -0.1) is 0 Å². The summed E-state index contributed by atoms with van der Waals surface area (Å²) in [5, 5.41) is 10.1. The maximum absolute atomic E-state index is 13.1. The van der Waals surface area contributed by atoms with Gasteiger partial charge in [-0.05, 0) is 30.0 Å². The number of rotatable bonds is 3. The Morgan fingerprint density at radius 3 is 2.59 bits per heavy atom. The number of nitrogens with zero attached hydrogens (tertiary/aromatic N) is 1. The molecule has 1 heterocycles. The Bertz CT molecular complexity index is 369. The fraction of sp³-hybridized carbons (Fsp3) is 0.615. The molecule has 2 nitrogen and oxygen atoms in total. The van der Waals surface area contributed by atoms with E-state index in [1.165, 1.54) is 0 Å². The van der Waals surface area contributed by atoms with Crippen LogP contribution < -0.4 is 0 Å². The van der Waals surface area contributed by atoms with Crippen LogP contribution in [-0.4, -0.2) is 22.1 Å². The second kappa shape index (κ2) is 4.69. The third-order valence-corrected chi connectivity index (χ3v) is 3.67. The number of aliphatic hydroxyl groups excluding tert-OH is 1. The Morgan fingerprint density at radius 1 is 1.41 bits per heavy atom. The van der Waals surface area contributed by atoms with E-state index in [1.807, 2.05) is 19.1 Å². The first-order valence-corrected chi connectivity index (χ1v) is 5.95. The number of aliphatic hydroxyl groups is 1. The molecule has 0 bridgehead atoms. The second-order valence-corrected chi connectivity index (χ2v) is 4.92. The predicted molar refractivity (Wildman–Crippen MR) is 60.9 cm³/mol. The van der Waals surface area contributed by atoms with Crippen molar-refractivity contribution in [3.63, 3.8) is 0 Å². The fourth-order valence-corrected chi connectivity index (χ4v) is 2.55. The van der Waals surface area contributed by atoms with Crippen LogP contribution >= 0.6 is 0 Å². The molecule has 17 heavy (non-hydrogen) atoms. The van der Waals surface area contributed by atoms with Crippen LogP contribution in [0.2, 0.25) is 0 Å². The summed E-state index contributed by atoms with van der Waals surface area (Å²) >= 11 is 0. The van der Waals surface area contributed by atoms with Crippen molar-refractivity contribution in [1.29, 1.82) is 0 Å². The summed E-state index contributed by atoms with van der Waals surface area (Å²) in [7, 11) is 0. The molecule has 4 heteroatoms. The van der Waals surface area contributed by atoms with Gasteiger partial charge < -0.3 is 5.11 Å².